The summed E-state index contributed by atoms with van der Waals surface area (Å²) in [6.07, 6.45) is 37.7. The van der Waals surface area contributed by atoms with E-state index in [1.807, 2.05) is 0 Å². The van der Waals surface area contributed by atoms with Crippen LogP contribution in [0.25, 0.3) is 0 Å². The number of unbranched alkanes of at least 4 members (excludes halogenated alkanes) is 16. The summed E-state index contributed by atoms with van der Waals surface area (Å²) in [7, 11) is 0. The van der Waals surface area contributed by atoms with Crippen molar-refractivity contribution >= 4 is 11.9 Å². The molecule has 3 N–H and O–H groups in total. The predicted molar refractivity (Wildman–Crippen MR) is 218 cm³/mol. The zero-order valence-corrected chi connectivity index (χ0v) is 34.1. The van der Waals surface area contributed by atoms with Crippen LogP contribution in [0.4, 0.5) is 0 Å². The fourth-order valence-electron chi connectivity index (χ4n) is 6.17. The largest absolute Gasteiger partial charge is 0.462 e. The maximum atomic E-state index is 12.7. The molecule has 0 aliphatic carbocycles. The van der Waals surface area contributed by atoms with Gasteiger partial charge in [0.25, 0.3) is 0 Å². The minimum Gasteiger partial charge on any atom is -0.462 e. The van der Waals surface area contributed by atoms with Gasteiger partial charge in [-0.25, -0.2) is 0 Å². The number of carbonyl (C=O) groups excluding carboxylic acids is 2. The highest BCUT2D eigenvalue weighted by molar-refractivity contribution is 5.70. The van der Waals surface area contributed by atoms with Crippen molar-refractivity contribution in [3.05, 3.63) is 48.6 Å². The maximum absolute atomic E-state index is 12.7. The molecule has 312 valence electrons. The van der Waals surface area contributed by atoms with Gasteiger partial charge >= 0.3 is 11.9 Å². The second kappa shape index (κ2) is 36.3. The molecule has 0 aromatic heterocycles. The molecule has 0 aromatic carbocycles. The van der Waals surface area contributed by atoms with Gasteiger partial charge in [0.2, 0.25) is 0 Å². The maximum Gasteiger partial charge on any atom is 0.306 e. The highest BCUT2D eigenvalue weighted by atomic mass is 16.7. The van der Waals surface area contributed by atoms with Crippen LogP contribution in [0.5, 0.6) is 0 Å². The van der Waals surface area contributed by atoms with Gasteiger partial charge < -0.3 is 34.3 Å². The van der Waals surface area contributed by atoms with Crippen LogP contribution in [0.3, 0.4) is 0 Å². The van der Waals surface area contributed by atoms with E-state index in [0.717, 1.165) is 83.5 Å². The molecule has 0 saturated carbocycles. The normalized spacial score (nSPS) is 19.8. The van der Waals surface area contributed by atoms with Crippen molar-refractivity contribution in [2.45, 2.75) is 205 Å². The SMILES string of the molecule is CCCCC/C=C\C/C=C\CCCCCCCC(=O)OC[C@H](COC1C[C@@H](O)[C@@H](O)[C@@H](CO)O1)OC(=O)CCCCCCC/C=C\C/C=C\CCCCC. The lowest BCUT2D eigenvalue weighted by Crippen LogP contribution is -2.51. The summed E-state index contributed by atoms with van der Waals surface area (Å²) in [5.74, 6) is -0.726. The highest BCUT2D eigenvalue weighted by Gasteiger charge is 2.37. The summed E-state index contributed by atoms with van der Waals surface area (Å²) < 4.78 is 22.5. The van der Waals surface area contributed by atoms with Crippen LogP contribution in [-0.4, -0.2) is 77.8 Å². The van der Waals surface area contributed by atoms with E-state index in [2.05, 4.69) is 62.5 Å². The van der Waals surface area contributed by atoms with E-state index in [-0.39, 0.29) is 38.0 Å². The molecule has 1 fully saturated rings. The van der Waals surface area contributed by atoms with Crippen LogP contribution in [0.2, 0.25) is 0 Å². The van der Waals surface area contributed by atoms with Crippen molar-refractivity contribution in [1.82, 2.24) is 0 Å². The van der Waals surface area contributed by atoms with Gasteiger partial charge in [-0.15, -0.1) is 0 Å². The van der Waals surface area contributed by atoms with Crippen molar-refractivity contribution < 1.29 is 43.9 Å². The Labute approximate surface area is 328 Å². The summed E-state index contributed by atoms with van der Waals surface area (Å²) in [6, 6.07) is 0. The number of esters is 2. The summed E-state index contributed by atoms with van der Waals surface area (Å²) >= 11 is 0. The molecule has 0 spiro atoms. The Morgan fingerprint density at radius 3 is 1.59 bits per heavy atom. The van der Waals surface area contributed by atoms with Gasteiger partial charge in [0, 0.05) is 19.3 Å². The van der Waals surface area contributed by atoms with Gasteiger partial charge in [0.05, 0.1) is 19.3 Å². The minimum absolute atomic E-state index is 0.00307. The number of hydrogen-bond acceptors (Lipinski definition) is 9. The molecule has 1 unspecified atom stereocenters. The molecule has 54 heavy (non-hydrogen) atoms. The van der Waals surface area contributed by atoms with E-state index < -0.39 is 37.3 Å². The van der Waals surface area contributed by atoms with Gasteiger partial charge in [-0.1, -0.05) is 127 Å². The first-order chi connectivity index (χ1) is 26.4. The minimum atomic E-state index is -1.22. The molecular weight excluding hydrogens is 684 g/mol. The Morgan fingerprint density at radius 2 is 1.09 bits per heavy atom. The van der Waals surface area contributed by atoms with Gasteiger partial charge in [0.15, 0.2) is 12.4 Å². The number of allylic oxidation sites excluding steroid dienone is 8. The first kappa shape index (κ1) is 49.7. The molecule has 0 radical (unpaired) electrons. The standard InChI is InChI=1S/C45H78O9/c1-3-5-7-9-11-13-15-17-19-21-23-25-27-29-31-33-42(48)51-37-39(38-52-44-35-40(47)45(50)41(36-46)54-44)53-43(49)34-32-30-28-26-24-22-20-18-16-14-12-10-8-6-4-2/h11-14,17-20,39-41,44-47,50H,3-10,15-16,21-38H2,1-2H3/b13-11-,14-12-,19-17-,20-18-/t39-,40-,41-,44?,45-/m1/s1. The molecule has 0 bridgehead atoms. The van der Waals surface area contributed by atoms with E-state index in [1.54, 1.807) is 0 Å². The summed E-state index contributed by atoms with van der Waals surface area (Å²) in [6.45, 7) is 3.71. The van der Waals surface area contributed by atoms with Gasteiger partial charge in [-0.3, -0.25) is 9.59 Å². The van der Waals surface area contributed by atoms with E-state index >= 15 is 0 Å². The lowest BCUT2D eigenvalue weighted by atomic mass is 10.0. The number of hydrogen-bond donors (Lipinski definition) is 3. The lowest BCUT2D eigenvalue weighted by Gasteiger charge is -2.36. The molecule has 1 saturated heterocycles. The molecule has 0 amide bonds. The van der Waals surface area contributed by atoms with E-state index in [4.69, 9.17) is 18.9 Å². The molecule has 9 heteroatoms. The monoisotopic (exact) mass is 763 g/mol. The third-order valence-corrected chi connectivity index (χ3v) is 9.58. The highest BCUT2D eigenvalue weighted by Crippen LogP contribution is 2.22. The Kier molecular flexibility index (Phi) is 33.5. The second-order valence-corrected chi connectivity index (χ2v) is 14.7. The fraction of sp³-hybridized carbons (Fsp3) is 0.778. The van der Waals surface area contributed by atoms with Crippen LogP contribution in [0, 0.1) is 0 Å². The molecule has 9 nitrogen and oxygen atoms in total. The van der Waals surface area contributed by atoms with E-state index in [1.165, 1.54) is 51.4 Å². The molecule has 1 aliphatic heterocycles. The average molecular weight is 763 g/mol. The Morgan fingerprint density at radius 1 is 0.630 bits per heavy atom. The first-order valence-electron chi connectivity index (χ1n) is 21.6. The van der Waals surface area contributed by atoms with Crippen molar-refractivity contribution in [2.75, 3.05) is 19.8 Å². The van der Waals surface area contributed by atoms with Crippen LogP contribution < -0.4 is 0 Å². The molecular formula is C45H78O9. The quantitative estimate of drug-likeness (QED) is 0.0328. The van der Waals surface area contributed by atoms with Crippen molar-refractivity contribution in [3.63, 3.8) is 0 Å². The second-order valence-electron chi connectivity index (χ2n) is 14.7. The number of carbonyl (C=O) groups is 2. The fourth-order valence-corrected chi connectivity index (χ4v) is 6.17. The van der Waals surface area contributed by atoms with Crippen LogP contribution in [0.1, 0.15) is 174 Å². The number of ether oxygens (including phenoxy) is 4. The van der Waals surface area contributed by atoms with Gasteiger partial charge in [-0.05, 0) is 77.0 Å². The topological polar surface area (TPSA) is 132 Å². The van der Waals surface area contributed by atoms with Gasteiger partial charge in [0.1, 0.15) is 18.8 Å². The first-order valence-corrected chi connectivity index (χ1v) is 21.6. The van der Waals surface area contributed by atoms with Crippen LogP contribution in [0.15, 0.2) is 48.6 Å². The van der Waals surface area contributed by atoms with Crippen molar-refractivity contribution in [2.24, 2.45) is 0 Å². The third-order valence-electron chi connectivity index (χ3n) is 9.58. The van der Waals surface area contributed by atoms with Crippen LogP contribution in [-0.2, 0) is 28.5 Å². The Bertz CT molecular complexity index is 1010. The average Bonchev–Trinajstić information content (AvgIpc) is 3.17. The smallest absolute Gasteiger partial charge is 0.306 e. The number of aliphatic hydroxyl groups excluding tert-OH is 3. The summed E-state index contributed by atoms with van der Waals surface area (Å²) in [5.41, 5.74) is 0. The molecule has 1 aliphatic rings. The van der Waals surface area contributed by atoms with E-state index in [0.29, 0.717) is 12.8 Å². The van der Waals surface area contributed by atoms with Crippen molar-refractivity contribution in [3.8, 4) is 0 Å². The zero-order valence-electron chi connectivity index (χ0n) is 34.1. The number of aliphatic hydroxyl groups is 3. The van der Waals surface area contributed by atoms with Crippen LogP contribution >= 0.6 is 0 Å². The molecule has 1 heterocycles. The van der Waals surface area contributed by atoms with Crippen molar-refractivity contribution in [1.29, 1.82) is 0 Å². The lowest BCUT2D eigenvalue weighted by molar-refractivity contribution is -0.263. The summed E-state index contributed by atoms with van der Waals surface area (Å²) in [4.78, 5) is 25.3. The Balaban J connectivity index is 2.32. The predicted octanol–water partition coefficient (Wildman–Crippen LogP) is 9.91. The summed E-state index contributed by atoms with van der Waals surface area (Å²) in [5, 5.41) is 29.6. The zero-order chi connectivity index (χ0) is 39.3. The van der Waals surface area contributed by atoms with E-state index in [9.17, 15) is 24.9 Å². The molecule has 1 rings (SSSR count). The molecule has 5 atom stereocenters. The number of rotatable bonds is 35. The molecule has 0 aromatic rings. The van der Waals surface area contributed by atoms with Gasteiger partial charge in [-0.2, -0.15) is 0 Å². The third kappa shape index (κ3) is 29.0. The Hall–Kier alpha value is -2.30.